The standard InChI is InChI=1S/C12H22N4O/c1-4-5-8-16-9-10(2)15-12(16)14-7-6-13-11(3)17/h9H,4-8H2,1-3H3,(H,13,17)(H,14,15). The molecular formula is C12H22N4O. The van der Waals surface area contributed by atoms with Gasteiger partial charge in [-0.15, -0.1) is 0 Å². The number of unbranched alkanes of at least 4 members (excludes halogenated alkanes) is 1. The molecule has 0 unspecified atom stereocenters. The van der Waals surface area contributed by atoms with E-state index in [1.807, 2.05) is 6.92 Å². The van der Waals surface area contributed by atoms with Crippen LogP contribution in [-0.2, 0) is 11.3 Å². The molecule has 0 saturated heterocycles. The normalized spacial score (nSPS) is 10.3. The minimum absolute atomic E-state index is 0.00250. The van der Waals surface area contributed by atoms with Crippen LogP contribution in [0.1, 0.15) is 32.4 Å². The van der Waals surface area contributed by atoms with Gasteiger partial charge in [0.1, 0.15) is 0 Å². The lowest BCUT2D eigenvalue weighted by molar-refractivity contribution is -0.118. The van der Waals surface area contributed by atoms with Gasteiger partial charge in [0.2, 0.25) is 11.9 Å². The Kier molecular flexibility index (Phi) is 5.52. The number of hydrogen-bond acceptors (Lipinski definition) is 3. The van der Waals surface area contributed by atoms with E-state index in [0.717, 1.165) is 24.6 Å². The van der Waals surface area contributed by atoms with Crippen molar-refractivity contribution in [1.82, 2.24) is 14.9 Å². The summed E-state index contributed by atoms with van der Waals surface area (Å²) in [5.41, 5.74) is 1.02. The van der Waals surface area contributed by atoms with Gasteiger partial charge in [-0.3, -0.25) is 4.79 Å². The van der Waals surface area contributed by atoms with Crippen LogP contribution in [0.4, 0.5) is 5.95 Å². The highest BCUT2D eigenvalue weighted by atomic mass is 16.1. The lowest BCUT2D eigenvalue weighted by Gasteiger charge is -2.09. The van der Waals surface area contributed by atoms with Crippen molar-refractivity contribution in [2.24, 2.45) is 0 Å². The topological polar surface area (TPSA) is 59.0 Å². The number of hydrogen-bond donors (Lipinski definition) is 2. The number of nitrogens with zero attached hydrogens (tertiary/aromatic N) is 2. The smallest absolute Gasteiger partial charge is 0.216 e. The summed E-state index contributed by atoms with van der Waals surface area (Å²) in [7, 11) is 0. The van der Waals surface area contributed by atoms with Crippen LogP contribution in [0.2, 0.25) is 0 Å². The molecule has 0 bridgehead atoms. The first kappa shape index (κ1) is 13.5. The van der Waals surface area contributed by atoms with Gasteiger partial charge in [-0.1, -0.05) is 13.3 Å². The highest BCUT2D eigenvalue weighted by molar-refractivity contribution is 5.72. The van der Waals surface area contributed by atoms with Crippen molar-refractivity contribution in [3.63, 3.8) is 0 Å². The number of carbonyl (C=O) groups excluding carboxylic acids is 1. The molecule has 0 aliphatic rings. The summed E-state index contributed by atoms with van der Waals surface area (Å²) in [5.74, 6) is 0.888. The first-order valence-electron chi connectivity index (χ1n) is 6.15. The summed E-state index contributed by atoms with van der Waals surface area (Å²) in [6.45, 7) is 7.98. The van der Waals surface area contributed by atoms with E-state index in [4.69, 9.17) is 0 Å². The number of carbonyl (C=O) groups is 1. The van der Waals surface area contributed by atoms with Gasteiger partial charge in [0.15, 0.2) is 0 Å². The predicted octanol–water partition coefficient (Wildman–Crippen LogP) is 1.54. The number of rotatable bonds is 7. The minimum Gasteiger partial charge on any atom is -0.355 e. The van der Waals surface area contributed by atoms with Crippen molar-refractivity contribution in [3.05, 3.63) is 11.9 Å². The van der Waals surface area contributed by atoms with Crippen LogP contribution in [0.5, 0.6) is 0 Å². The molecule has 1 aromatic heterocycles. The number of aromatic nitrogens is 2. The maximum atomic E-state index is 10.7. The number of aryl methyl sites for hydroxylation is 2. The monoisotopic (exact) mass is 238 g/mol. The zero-order valence-corrected chi connectivity index (χ0v) is 10.9. The van der Waals surface area contributed by atoms with Crippen molar-refractivity contribution in [3.8, 4) is 0 Å². The van der Waals surface area contributed by atoms with Gasteiger partial charge in [0.05, 0.1) is 5.69 Å². The summed E-state index contributed by atoms with van der Waals surface area (Å²) in [4.78, 5) is 15.1. The molecule has 0 aliphatic carbocycles. The summed E-state index contributed by atoms with van der Waals surface area (Å²) >= 11 is 0. The second-order valence-corrected chi connectivity index (χ2v) is 4.16. The molecule has 1 aromatic rings. The third-order valence-corrected chi connectivity index (χ3v) is 2.43. The maximum absolute atomic E-state index is 10.7. The van der Waals surface area contributed by atoms with Crippen LogP contribution in [0.15, 0.2) is 6.20 Å². The molecule has 0 fully saturated rings. The molecule has 1 amide bonds. The van der Waals surface area contributed by atoms with Crippen LogP contribution < -0.4 is 10.6 Å². The Morgan fingerprint density at radius 1 is 1.47 bits per heavy atom. The van der Waals surface area contributed by atoms with Gasteiger partial charge in [-0.2, -0.15) is 0 Å². The van der Waals surface area contributed by atoms with E-state index in [0.29, 0.717) is 13.1 Å². The first-order chi connectivity index (χ1) is 8.13. The molecular weight excluding hydrogens is 216 g/mol. The predicted molar refractivity (Wildman–Crippen MR) is 69.0 cm³/mol. The molecule has 0 saturated carbocycles. The molecule has 0 atom stereocenters. The van der Waals surface area contributed by atoms with Gasteiger partial charge >= 0.3 is 0 Å². The molecule has 1 heterocycles. The quantitative estimate of drug-likeness (QED) is 0.708. The number of amides is 1. The summed E-state index contributed by atoms with van der Waals surface area (Å²) < 4.78 is 2.13. The van der Waals surface area contributed by atoms with E-state index >= 15 is 0 Å². The van der Waals surface area contributed by atoms with E-state index < -0.39 is 0 Å². The van der Waals surface area contributed by atoms with Gasteiger partial charge in [-0.05, 0) is 13.3 Å². The molecule has 5 nitrogen and oxygen atoms in total. The Labute approximate surface area is 103 Å². The molecule has 5 heteroatoms. The largest absolute Gasteiger partial charge is 0.355 e. The maximum Gasteiger partial charge on any atom is 0.216 e. The van der Waals surface area contributed by atoms with E-state index in [-0.39, 0.29) is 5.91 Å². The van der Waals surface area contributed by atoms with Gasteiger partial charge in [-0.25, -0.2) is 4.98 Å². The Balaban J connectivity index is 2.42. The van der Waals surface area contributed by atoms with Crippen molar-refractivity contribution in [2.75, 3.05) is 18.4 Å². The zero-order valence-electron chi connectivity index (χ0n) is 10.9. The lowest BCUT2D eigenvalue weighted by Crippen LogP contribution is -2.27. The molecule has 0 radical (unpaired) electrons. The molecule has 1 rings (SSSR count). The van der Waals surface area contributed by atoms with Gasteiger partial charge < -0.3 is 15.2 Å². The highest BCUT2D eigenvalue weighted by Crippen LogP contribution is 2.09. The van der Waals surface area contributed by atoms with Crippen molar-refractivity contribution in [2.45, 2.75) is 40.2 Å². The summed E-state index contributed by atoms with van der Waals surface area (Å²) in [6, 6.07) is 0. The highest BCUT2D eigenvalue weighted by Gasteiger charge is 2.04. The zero-order chi connectivity index (χ0) is 12.7. The lowest BCUT2D eigenvalue weighted by atomic mass is 10.3. The van der Waals surface area contributed by atoms with Crippen LogP contribution in [0.3, 0.4) is 0 Å². The Morgan fingerprint density at radius 3 is 2.88 bits per heavy atom. The van der Waals surface area contributed by atoms with E-state index in [1.54, 1.807) is 0 Å². The van der Waals surface area contributed by atoms with Crippen molar-refractivity contribution >= 4 is 11.9 Å². The number of imidazole rings is 1. The first-order valence-corrected chi connectivity index (χ1v) is 6.15. The molecule has 0 aromatic carbocycles. The summed E-state index contributed by atoms with van der Waals surface area (Å²) in [6.07, 6.45) is 4.37. The second-order valence-electron chi connectivity index (χ2n) is 4.16. The Hall–Kier alpha value is -1.52. The molecule has 2 N–H and O–H groups in total. The second kappa shape index (κ2) is 6.93. The minimum atomic E-state index is -0.00250. The van der Waals surface area contributed by atoms with Crippen molar-refractivity contribution < 1.29 is 4.79 Å². The van der Waals surface area contributed by atoms with E-state index in [9.17, 15) is 4.79 Å². The number of nitrogens with one attached hydrogen (secondary N) is 2. The van der Waals surface area contributed by atoms with Crippen molar-refractivity contribution in [1.29, 1.82) is 0 Å². The third-order valence-electron chi connectivity index (χ3n) is 2.43. The van der Waals surface area contributed by atoms with Crippen LogP contribution in [0.25, 0.3) is 0 Å². The van der Waals surface area contributed by atoms with Crippen LogP contribution in [-0.4, -0.2) is 28.5 Å². The fourth-order valence-electron chi connectivity index (χ4n) is 1.60. The molecule has 17 heavy (non-hydrogen) atoms. The van der Waals surface area contributed by atoms with Gasteiger partial charge in [0, 0.05) is 32.8 Å². The van der Waals surface area contributed by atoms with E-state index in [1.165, 1.54) is 13.3 Å². The fourth-order valence-corrected chi connectivity index (χ4v) is 1.60. The average Bonchev–Trinajstić information content (AvgIpc) is 2.62. The molecule has 0 spiro atoms. The fraction of sp³-hybridized carbons (Fsp3) is 0.667. The van der Waals surface area contributed by atoms with Gasteiger partial charge in [0.25, 0.3) is 0 Å². The molecule has 0 aliphatic heterocycles. The van der Waals surface area contributed by atoms with Crippen LogP contribution >= 0.6 is 0 Å². The summed E-state index contributed by atoms with van der Waals surface area (Å²) in [5, 5.41) is 5.98. The van der Waals surface area contributed by atoms with Crippen LogP contribution in [0, 0.1) is 6.92 Å². The SMILES string of the molecule is CCCCn1cc(C)nc1NCCNC(C)=O. The Morgan fingerprint density at radius 2 is 2.24 bits per heavy atom. The number of anilines is 1. The molecule has 96 valence electrons. The average molecular weight is 238 g/mol. The third kappa shape index (κ3) is 4.89. The Bertz CT molecular complexity index is 359. The van der Waals surface area contributed by atoms with E-state index in [2.05, 4.69) is 33.3 Å².